The van der Waals surface area contributed by atoms with Gasteiger partial charge < -0.3 is 24.6 Å². The molecule has 0 bridgehead atoms. The predicted molar refractivity (Wildman–Crippen MR) is 93.1 cm³/mol. The summed E-state index contributed by atoms with van der Waals surface area (Å²) in [6, 6.07) is 2.51. The fourth-order valence-electron chi connectivity index (χ4n) is 3.30. The number of piperidine rings is 1. The molecular formula is C17H21NO5S. The Morgan fingerprint density at radius 2 is 2.08 bits per heavy atom. The molecule has 3 N–H and O–H groups in total. The van der Waals surface area contributed by atoms with Crippen LogP contribution in [0.25, 0.3) is 11.0 Å². The summed E-state index contributed by atoms with van der Waals surface area (Å²) in [7, 11) is 1.92. The van der Waals surface area contributed by atoms with Gasteiger partial charge in [0.05, 0.1) is 6.10 Å². The highest BCUT2D eigenvalue weighted by Gasteiger charge is 2.32. The van der Waals surface area contributed by atoms with Crippen molar-refractivity contribution in [3.05, 3.63) is 27.9 Å². The average molecular weight is 351 g/mol. The van der Waals surface area contributed by atoms with Gasteiger partial charge in [-0.05, 0) is 25.8 Å². The SMILES string of the molecule is CCSc1cc(=O)c2c(O)cc(O)c([C@H]3CCN(C)C[C@H]3O)c2o1. The molecule has 0 radical (unpaired) electrons. The molecule has 7 heteroatoms. The van der Waals surface area contributed by atoms with Gasteiger partial charge in [-0.25, -0.2) is 0 Å². The van der Waals surface area contributed by atoms with E-state index in [-0.39, 0.29) is 33.8 Å². The molecule has 3 rings (SSSR count). The third kappa shape index (κ3) is 2.99. The Morgan fingerprint density at radius 1 is 1.33 bits per heavy atom. The molecule has 0 unspecified atom stereocenters. The van der Waals surface area contributed by atoms with Gasteiger partial charge in [-0.15, -0.1) is 0 Å². The number of nitrogens with zero attached hydrogens (tertiary/aromatic N) is 1. The van der Waals surface area contributed by atoms with Gasteiger partial charge in [-0.3, -0.25) is 4.79 Å². The zero-order chi connectivity index (χ0) is 17.4. The van der Waals surface area contributed by atoms with Crippen molar-refractivity contribution < 1.29 is 19.7 Å². The Bertz CT molecular complexity index is 819. The molecule has 1 aliphatic heterocycles. The lowest BCUT2D eigenvalue weighted by Gasteiger charge is -2.34. The molecule has 1 fully saturated rings. The van der Waals surface area contributed by atoms with Crippen molar-refractivity contribution in [1.82, 2.24) is 4.90 Å². The normalized spacial score (nSPS) is 22.1. The van der Waals surface area contributed by atoms with Crippen LogP contribution in [0.2, 0.25) is 0 Å². The predicted octanol–water partition coefficient (Wildman–Crippen LogP) is 2.10. The first kappa shape index (κ1) is 17.1. The van der Waals surface area contributed by atoms with Gasteiger partial charge in [-0.2, -0.15) is 0 Å². The Labute approximate surface area is 143 Å². The second-order valence-corrected chi connectivity index (χ2v) is 7.39. The molecule has 2 aromatic rings. The van der Waals surface area contributed by atoms with E-state index in [9.17, 15) is 20.1 Å². The molecular weight excluding hydrogens is 330 g/mol. The summed E-state index contributed by atoms with van der Waals surface area (Å²) in [5.74, 6) is -0.0917. The van der Waals surface area contributed by atoms with Gasteiger partial charge in [0.15, 0.2) is 10.5 Å². The number of β-amino-alcohol motifs (C(OH)–C–C–N with tert-alkyl or cyclic N) is 1. The standard InChI is InChI=1S/C17H21NO5S/c1-3-24-14-7-12(21)16-11(20)6-10(19)15(17(16)23-14)9-4-5-18(2)8-13(9)22/h6-7,9,13,19-20,22H,3-5,8H2,1-2H3/t9-,13+/m0/s1. The van der Waals surface area contributed by atoms with Crippen LogP contribution in [0.4, 0.5) is 0 Å². The summed E-state index contributed by atoms with van der Waals surface area (Å²) in [6.07, 6.45) is -0.0601. The van der Waals surface area contributed by atoms with Gasteiger partial charge in [0, 0.05) is 30.2 Å². The maximum Gasteiger partial charge on any atom is 0.197 e. The molecule has 0 aliphatic carbocycles. The zero-order valence-corrected chi connectivity index (χ0v) is 14.5. The van der Waals surface area contributed by atoms with Gasteiger partial charge in [0.25, 0.3) is 0 Å². The quantitative estimate of drug-likeness (QED) is 0.729. The molecule has 1 aromatic carbocycles. The molecule has 24 heavy (non-hydrogen) atoms. The summed E-state index contributed by atoms with van der Waals surface area (Å²) in [6.45, 7) is 3.17. The van der Waals surface area contributed by atoms with Crippen molar-refractivity contribution in [1.29, 1.82) is 0 Å². The zero-order valence-electron chi connectivity index (χ0n) is 13.7. The van der Waals surface area contributed by atoms with Crippen LogP contribution in [0.1, 0.15) is 24.8 Å². The highest BCUT2D eigenvalue weighted by Crippen LogP contribution is 2.42. The topological polar surface area (TPSA) is 94.1 Å². The number of aliphatic hydroxyl groups is 1. The van der Waals surface area contributed by atoms with Gasteiger partial charge >= 0.3 is 0 Å². The number of phenolic OH excluding ortho intramolecular Hbond substituents is 2. The minimum absolute atomic E-state index is 0.0504. The maximum absolute atomic E-state index is 12.4. The van der Waals surface area contributed by atoms with Crippen LogP contribution in [0.3, 0.4) is 0 Å². The number of aliphatic hydroxyl groups excluding tert-OH is 1. The van der Waals surface area contributed by atoms with Crippen LogP contribution >= 0.6 is 11.8 Å². The fourth-order valence-corrected chi connectivity index (χ4v) is 3.92. The van der Waals surface area contributed by atoms with Crippen molar-refractivity contribution in [3.63, 3.8) is 0 Å². The van der Waals surface area contributed by atoms with E-state index in [1.165, 1.54) is 17.8 Å². The van der Waals surface area contributed by atoms with Crippen molar-refractivity contribution in [2.24, 2.45) is 0 Å². The van der Waals surface area contributed by atoms with Crippen molar-refractivity contribution in [3.8, 4) is 11.5 Å². The van der Waals surface area contributed by atoms with E-state index in [1.807, 2.05) is 18.9 Å². The van der Waals surface area contributed by atoms with Crippen molar-refractivity contribution in [2.45, 2.75) is 30.5 Å². The smallest absolute Gasteiger partial charge is 0.197 e. The maximum atomic E-state index is 12.4. The second kappa shape index (κ2) is 6.66. The number of thioether (sulfide) groups is 1. The molecule has 0 saturated carbocycles. The molecule has 2 heterocycles. The van der Waals surface area contributed by atoms with E-state index < -0.39 is 6.10 Å². The number of likely N-dealkylation sites (N-methyl/N-ethyl adjacent to an activating group) is 1. The van der Waals surface area contributed by atoms with E-state index in [1.54, 1.807) is 0 Å². The third-order valence-electron chi connectivity index (χ3n) is 4.42. The first-order valence-electron chi connectivity index (χ1n) is 7.94. The molecule has 1 aliphatic rings. The van der Waals surface area contributed by atoms with Crippen LogP contribution in [0, 0.1) is 0 Å². The number of hydrogen-bond acceptors (Lipinski definition) is 7. The van der Waals surface area contributed by atoms with Gasteiger partial charge in [0.2, 0.25) is 0 Å². The van der Waals surface area contributed by atoms with Gasteiger partial charge in [-0.1, -0.05) is 18.7 Å². The summed E-state index contributed by atoms with van der Waals surface area (Å²) in [5, 5.41) is 31.4. The molecule has 0 amide bonds. The number of fused-ring (bicyclic) bond motifs is 1. The summed E-state index contributed by atoms with van der Waals surface area (Å²) in [4.78, 5) is 14.4. The van der Waals surface area contributed by atoms with Crippen molar-refractivity contribution >= 4 is 22.7 Å². The molecule has 1 saturated heterocycles. The number of rotatable bonds is 3. The van der Waals surface area contributed by atoms with E-state index in [0.717, 1.165) is 18.4 Å². The fraction of sp³-hybridized carbons (Fsp3) is 0.471. The molecule has 6 nitrogen and oxygen atoms in total. The Hall–Kier alpha value is -1.70. The molecule has 130 valence electrons. The first-order valence-corrected chi connectivity index (χ1v) is 8.93. The minimum Gasteiger partial charge on any atom is -0.507 e. The third-order valence-corrected chi connectivity index (χ3v) is 5.19. The van der Waals surface area contributed by atoms with E-state index >= 15 is 0 Å². The lowest BCUT2D eigenvalue weighted by molar-refractivity contribution is 0.0630. The Kier molecular flexibility index (Phi) is 4.76. The van der Waals surface area contributed by atoms with E-state index in [4.69, 9.17) is 4.42 Å². The largest absolute Gasteiger partial charge is 0.507 e. The number of aromatic hydroxyl groups is 2. The van der Waals surface area contributed by atoms with E-state index in [2.05, 4.69) is 0 Å². The minimum atomic E-state index is -0.685. The second-order valence-electron chi connectivity index (χ2n) is 6.12. The average Bonchev–Trinajstić information content (AvgIpc) is 2.48. The van der Waals surface area contributed by atoms with Crippen LogP contribution in [0.15, 0.2) is 26.4 Å². The summed E-state index contributed by atoms with van der Waals surface area (Å²) < 4.78 is 5.82. The number of hydrogen-bond donors (Lipinski definition) is 3. The molecule has 0 spiro atoms. The number of likely N-dealkylation sites (tertiary alicyclic amines) is 1. The lowest BCUT2D eigenvalue weighted by Crippen LogP contribution is -2.40. The highest BCUT2D eigenvalue weighted by atomic mass is 32.2. The monoisotopic (exact) mass is 351 g/mol. The van der Waals surface area contributed by atoms with Crippen LogP contribution in [0.5, 0.6) is 11.5 Å². The van der Waals surface area contributed by atoms with Crippen molar-refractivity contribution in [2.75, 3.05) is 25.9 Å². The van der Waals surface area contributed by atoms with Crippen LogP contribution in [-0.2, 0) is 0 Å². The molecule has 2 atom stereocenters. The van der Waals surface area contributed by atoms with Crippen LogP contribution in [-0.4, -0.2) is 52.2 Å². The Morgan fingerprint density at radius 3 is 2.75 bits per heavy atom. The lowest BCUT2D eigenvalue weighted by atomic mass is 9.85. The molecule has 1 aromatic heterocycles. The first-order chi connectivity index (χ1) is 11.4. The summed E-state index contributed by atoms with van der Waals surface area (Å²) >= 11 is 1.37. The van der Waals surface area contributed by atoms with Crippen LogP contribution < -0.4 is 5.43 Å². The summed E-state index contributed by atoms with van der Waals surface area (Å²) in [5.41, 5.74) is 0.219. The van der Waals surface area contributed by atoms with Gasteiger partial charge in [0.1, 0.15) is 22.5 Å². The van der Waals surface area contributed by atoms with E-state index in [0.29, 0.717) is 23.6 Å². The highest BCUT2D eigenvalue weighted by molar-refractivity contribution is 7.99. The number of phenols is 2. The number of benzene rings is 1. The Balaban J connectivity index is 2.24.